The van der Waals surface area contributed by atoms with E-state index >= 15 is 0 Å². The third-order valence-corrected chi connectivity index (χ3v) is 1.52. The van der Waals surface area contributed by atoms with Crippen LogP contribution in [0.2, 0.25) is 0 Å². The number of phenols is 1. The molecule has 1 rings (SSSR count). The molecule has 0 saturated carbocycles. The molecule has 0 bridgehead atoms. The second kappa shape index (κ2) is 3.78. The second-order valence-electron chi connectivity index (χ2n) is 2.35. The molecule has 0 aliphatic heterocycles. The second-order valence-corrected chi connectivity index (χ2v) is 2.35. The van der Waals surface area contributed by atoms with E-state index in [0.717, 1.165) is 6.26 Å². The van der Waals surface area contributed by atoms with Gasteiger partial charge >= 0.3 is 0 Å². The van der Waals surface area contributed by atoms with Gasteiger partial charge in [-0.25, -0.2) is 0 Å². The van der Waals surface area contributed by atoms with Crippen LogP contribution < -0.4 is 0 Å². The third-order valence-electron chi connectivity index (χ3n) is 1.52. The van der Waals surface area contributed by atoms with Gasteiger partial charge in [0, 0.05) is 5.56 Å². The zero-order valence-electron chi connectivity index (χ0n) is 6.38. The molecule has 0 aromatic heterocycles. The minimum atomic E-state index is -0.962. The Morgan fingerprint density at radius 2 is 1.92 bits per heavy atom. The molecule has 1 atom stereocenters. The van der Waals surface area contributed by atoms with Gasteiger partial charge in [0.2, 0.25) is 0 Å². The highest BCUT2D eigenvalue weighted by molar-refractivity contribution is 5.35. The molecule has 0 aliphatic carbocycles. The lowest BCUT2D eigenvalue weighted by Crippen LogP contribution is -1.92. The summed E-state index contributed by atoms with van der Waals surface area (Å²) in [5.74, 6) is 0.0168. The molecule has 1 unspecified atom stereocenters. The number of phenolic OH excluding ortho intramolecular Hbond substituents is 1. The molecule has 0 radical (unpaired) electrons. The molecule has 0 heterocycles. The van der Waals surface area contributed by atoms with Gasteiger partial charge in [-0.05, 0) is 12.1 Å². The first kappa shape index (κ1) is 8.62. The van der Waals surface area contributed by atoms with Gasteiger partial charge < -0.3 is 15.3 Å². The summed E-state index contributed by atoms with van der Waals surface area (Å²) in [6.45, 7) is 0. The first-order valence-electron chi connectivity index (χ1n) is 3.52. The van der Waals surface area contributed by atoms with Crippen molar-refractivity contribution in [3.05, 3.63) is 42.2 Å². The Kier molecular flexibility index (Phi) is 2.71. The quantitative estimate of drug-likeness (QED) is 0.583. The van der Waals surface area contributed by atoms with Crippen LogP contribution in [0.15, 0.2) is 36.6 Å². The molecule has 3 nitrogen and oxygen atoms in total. The summed E-state index contributed by atoms with van der Waals surface area (Å²) in [6.07, 6.45) is 0.961. The molecular formula is C9H10O3. The number of hydrogen-bond acceptors (Lipinski definition) is 3. The Bertz CT molecular complexity index is 281. The molecule has 0 saturated heterocycles. The standard InChI is InChI=1S/C9H10O3/c10-6-5-9(12)7-3-1-2-4-8(7)11/h1-6,9-12H. The summed E-state index contributed by atoms with van der Waals surface area (Å²) in [5.41, 5.74) is 0.378. The molecule has 3 N–H and O–H groups in total. The van der Waals surface area contributed by atoms with Gasteiger partial charge in [0.25, 0.3) is 0 Å². The zero-order chi connectivity index (χ0) is 8.97. The van der Waals surface area contributed by atoms with E-state index in [1.165, 1.54) is 12.1 Å². The van der Waals surface area contributed by atoms with Crippen molar-refractivity contribution in [1.29, 1.82) is 0 Å². The minimum Gasteiger partial charge on any atom is -0.516 e. The number of para-hydroxylation sites is 1. The zero-order valence-corrected chi connectivity index (χ0v) is 6.38. The molecule has 64 valence electrons. The van der Waals surface area contributed by atoms with E-state index in [1.54, 1.807) is 18.2 Å². The number of benzene rings is 1. The van der Waals surface area contributed by atoms with E-state index in [2.05, 4.69) is 0 Å². The van der Waals surface area contributed by atoms with Crippen LogP contribution in [0.1, 0.15) is 11.7 Å². The van der Waals surface area contributed by atoms with Crippen LogP contribution in [0.25, 0.3) is 0 Å². The van der Waals surface area contributed by atoms with Gasteiger partial charge in [-0.3, -0.25) is 0 Å². The minimum absolute atomic E-state index is 0.0168. The summed E-state index contributed by atoms with van der Waals surface area (Å²) in [6, 6.07) is 6.42. The lowest BCUT2D eigenvalue weighted by atomic mass is 10.1. The van der Waals surface area contributed by atoms with Gasteiger partial charge in [-0.1, -0.05) is 18.2 Å². The molecule has 0 aliphatic rings. The normalized spacial score (nSPS) is 13.4. The van der Waals surface area contributed by atoms with Crippen molar-refractivity contribution in [2.75, 3.05) is 0 Å². The van der Waals surface area contributed by atoms with Crippen molar-refractivity contribution in [3.8, 4) is 5.75 Å². The van der Waals surface area contributed by atoms with Crippen LogP contribution in [-0.4, -0.2) is 15.3 Å². The lowest BCUT2D eigenvalue weighted by molar-refractivity contribution is 0.220. The Labute approximate surface area is 70.2 Å². The van der Waals surface area contributed by atoms with Crippen molar-refractivity contribution in [2.24, 2.45) is 0 Å². The number of hydrogen-bond donors (Lipinski definition) is 3. The third kappa shape index (κ3) is 1.77. The first-order valence-corrected chi connectivity index (χ1v) is 3.52. The molecule has 0 amide bonds. The first-order chi connectivity index (χ1) is 5.75. The predicted octanol–water partition coefficient (Wildman–Crippen LogP) is 1.50. The Morgan fingerprint density at radius 3 is 2.50 bits per heavy atom. The summed E-state index contributed by atoms with van der Waals surface area (Å²) >= 11 is 0. The number of aromatic hydroxyl groups is 1. The Balaban J connectivity index is 2.94. The summed E-state index contributed by atoms with van der Waals surface area (Å²) in [4.78, 5) is 0. The molecule has 1 aromatic carbocycles. The smallest absolute Gasteiger partial charge is 0.121 e. The van der Waals surface area contributed by atoms with Crippen LogP contribution >= 0.6 is 0 Å². The van der Waals surface area contributed by atoms with Gasteiger partial charge in [-0.2, -0.15) is 0 Å². The van der Waals surface area contributed by atoms with E-state index in [4.69, 9.17) is 5.11 Å². The van der Waals surface area contributed by atoms with Crippen LogP contribution in [0.3, 0.4) is 0 Å². The van der Waals surface area contributed by atoms with E-state index in [0.29, 0.717) is 5.56 Å². The maximum absolute atomic E-state index is 9.29. The van der Waals surface area contributed by atoms with Gasteiger partial charge in [0.15, 0.2) is 0 Å². The lowest BCUT2D eigenvalue weighted by Gasteiger charge is -2.06. The van der Waals surface area contributed by atoms with E-state index in [1.807, 2.05) is 0 Å². The van der Waals surface area contributed by atoms with Gasteiger partial charge in [-0.15, -0.1) is 0 Å². The van der Waals surface area contributed by atoms with Crippen molar-refractivity contribution in [1.82, 2.24) is 0 Å². The summed E-state index contributed by atoms with van der Waals surface area (Å²) in [5, 5.41) is 26.9. The maximum Gasteiger partial charge on any atom is 0.121 e. The SMILES string of the molecule is OC=CC(O)c1ccccc1O. The highest BCUT2D eigenvalue weighted by atomic mass is 16.3. The van der Waals surface area contributed by atoms with E-state index in [9.17, 15) is 10.2 Å². The largest absolute Gasteiger partial charge is 0.516 e. The maximum atomic E-state index is 9.29. The number of rotatable bonds is 2. The molecule has 0 fully saturated rings. The average molecular weight is 166 g/mol. The fraction of sp³-hybridized carbons (Fsp3) is 0.111. The topological polar surface area (TPSA) is 60.7 Å². The molecule has 12 heavy (non-hydrogen) atoms. The van der Waals surface area contributed by atoms with Crippen LogP contribution in [0.4, 0.5) is 0 Å². The molecule has 3 heteroatoms. The summed E-state index contributed by atoms with van der Waals surface area (Å²) in [7, 11) is 0. The molecular weight excluding hydrogens is 156 g/mol. The fourth-order valence-corrected chi connectivity index (χ4v) is 0.923. The van der Waals surface area contributed by atoms with Crippen molar-refractivity contribution in [3.63, 3.8) is 0 Å². The van der Waals surface area contributed by atoms with Gasteiger partial charge in [0.1, 0.15) is 11.9 Å². The monoisotopic (exact) mass is 166 g/mol. The van der Waals surface area contributed by atoms with Crippen LogP contribution in [0, 0.1) is 0 Å². The summed E-state index contributed by atoms with van der Waals surface area (Å²) < 4.78 is 0. The Hall–Kier alpha value is -1.48. The molecule has 1 aromatic rings. The Morgan fingerprint density at radius 1 is 1.25 bits per heavy atom. The fourth-order valence-electron chi connectivity index (χ4n) is 0.923. The number of aliphatic hydroxyl groups excluding tert-OH is 2. The number of aliphatic hydroxyl groups is 2. The van der Waals surface area contributed by atoms with Crippen molar-refractivity contribution >= 4 is 0 Å². The van der Waals surface area contributed by atoms with Crippen LogP contribution in [-0.2, 0) is 0 Å². The average Bonchev–Trinajstić information content (AvgIpc) is 2.05. The van der Waals surface area contributed by atoms with Crippen LogP contribution in [0.5, 0.6) is 5.75 Å². The van der Waals surface area contributed by atoms with Gasteiger partial charge in [0.05, 0.1) is 6.26 Å². The molecule has 0 spiro atoms. The predicted molar refractivity (Wildman–Crippen MR) is 44.8 cm³/mol. The van der Waals surface area contributed by atoms with E-state index < -0.39 is 6.10 Å². The highest BCUT2D eigenvalue weighted by Crippen LogP contribution is 2.23. The van der Waals surface area contributed by atoms with Crippen molar-refractivity contribution in [2.45, 2.75) is 6.10 Å². The van der Waals surface area contributed by atoms with Crippen molar-refractivity contribution < 1.29 is 15.3 Å². The highest BCUT2D eigenvalue weighted by Gasteiger charge is 2.06. The van der Waals surface area contributed by atoms with E-state index in [-0.39, 0.29) is 5.75 Å².